The maximum atomic E-state index is 12.4. The number of carbonyl (C=O) groups is 1. The van der Waals surface area contributed by atoms with Crippen LogP contribution in [0.5, 0.6) is 5.75 Å². The van der Waals surface area contributed by atoms with Crippen LogP contribution in [0.4, 0.5) is 0 Å². The standard InChI is InChI=1S/C20H27BN2O3S/c1-21(25)23-19(11-12-27-2)20(24)22-14-17-9-6-10-18(13-17)26-15-16-7-4-3-5-8-16/h3-10,13,19,23,25H,11-12,14-15H2,1-2H3,(H,22,24)/t19-/m1/s1. The quantitative estimate of drug-likeness (QED) is 0.518. The van der Waals surface area contributed by atoms with Crippen molar-refractivity contribution in [3.05, 3.63) is 65.7 Å². The van der Waals surface area contributed by atoms with Crippen LogP contribution in [0.1, 0.15) is 17.5 Å². The van der Waals surface area contributed by atoms with Gasteiger partial charge in [-0.2, -0.15) is 11.8 Å². The van der Waals surface area contributed by atoms with Gasteiger partial charge in [-0.25, -0.2) is 0 Å². The van der Waals surface area contributed by atoms with E-state index >= 15 is 0 Å². The van der Waals surface area contributed by atoms with Crippen molar-refractivity contribution >= 4 is 24.7 Å². The zero-order valence-corrected chi connectivity index (χ0v) is 16.7. The van der Waals surface area contributed by atoms with Crippen LogP contribution in [-0.4, -0.2) is 36.0 Å². The first-order valence-electron chi connectivity index (χ1n) is 9.05. The van der Waals surface area contributed by atoms with Crippen molar-refractivity contribution in [2.75, 3.05) is 12.0 Å². The van der Waals surface area contributed by atoms with Crippen molar-refractivity contribution < 1.29 is 14.6 Å². The molecule has 0 unspecified atom stereocenters. The van der Waals surface area contributed by atoms with Gasteiger partial charge in [-0.15, -0.1) is 0 Å². The molecule has 0 spiro atoms. The summed E-state index contributed by atoms with van der Waals surface area (Å²) >= 11 is 1.68. The normalized spacial score (nSPS) is 11.7. The second-order valence-electron chi connectivity index (χ2n) is 6.32. The molecular formula is C20H27BN2O3S. The Hall–Kier alpha value is -1.96. The van der Waals surface area contributed by atoms with Gasteiger partial charge in [0.2, 0.25) is 5.91 Å². The Kier molecular flexibility index (Phi) is 9.25. The van der Waals surface area contributed by atoms with Gasteiger partial charge in [0.05, 0.1) is 6.04 Å². The molecular weight excluding hydrogens is 359 g/mol. The molecule has 0 saturated carbocycles. The van der Waals surface area contributed by atoms with Gasteiger partial charge < -0.3 is 20.3 Å². The third kappa shape index (κ3) is 8.07. The Morgan fingerprint density at radius 1 is 1.19 bits per heavy atom. The molecule has 1 amide bonds. The van der Waals surface area contributed by atoms with Gasteiger partial charge in [-0.1, -0.05) is 42.5 Å². The van der Waals surface area contributed by atoms with E-state index in [-0.39, 0.29) is 5.91 Å². The van der Waals surface area contributed by atoms with Gasteiger partial charge in [0.25, 0.3) is 0 Å². The molecule has 0 heterocycles. The van der Waals surface area contributed by atoms with Crippen molar-refractivity contribution in [2.45, 2.75) is 32.4 Å². The molecule has 7 heteroatoms. The number of carbonyl (C=O) groups excluding carboxylic acids is 1. The van der Waals surface area contributed by atoms with Crippen molar-refractivity contribution in [2.24, 2.45) is 0 Å². The lowest BCUT2D eigenvalue weighted by Crippen LogP contribution is -2.49. The molecule has 0 aliphatic carbocycles. The summed E-state index contributed by atoms with van der Waals surface area (Å²) in [6, 6.07) is 17.3. The topological polar surface area (TPSA) is 70.6 Å². The number of thioether (sulfide) groups is 1. The van der Waals surface area contributed by atoms with E-state index in [1.807, 2.05) is 60.9 Å². The summed E-state index contributed by atoms with van der Waals surface area (Å²) in [5.74, 6) is 1.51. The summed E-state index contributed by atoms with van der Waals surface area (Å²) in [4.78, 5) is 12.4. The van der Waals surface area contributed by atoms with E-state index in [2.05, 4.69) is 10.5 Å². The second kappa shape index (κ2) is 11.7. The fourth-order valence-corrected chi connectivity index (χ4v) is 3.09. The van der Waals surface area contributed by atoms with Crippen LogP contribution in [0.3, 0.4) is 0 Å². The van der Waals surface area contributed by atoms with E-state index in [1.54, 1.807) is 18.6 Å². The molecule has 2 rings (SSSR count). The van der Waals surface area contributed by atoms with Crippen LogP contribution in [0.25, 0.3) is 0 Å². The number of hydrogen-bond donors (Lipinski definition) is 3. The third-order valence-electron chi connectivity index (χ3n) is 3.98. The molecule has 3 N–H and O–H groups in total. The summed E-state index contributed by atoms with van der Waals surface area (Å²) < 4.78 is 5.83. The molecule has 0 saturated heterocycles. The minimum absolute atomic E-state index is 0.111. The Morgan fingerprint density at radius 2 is 1.93 bits per heavy atom. The highest BCUT2D eigenvalue weighted by atomic mass is 32.2. The van der Waals surface area contributed by atoms with Crippen LogP contribution in [-0.2, 0) is 17.9 Å². The van der Waals surface area contributed by atoms with Crippen LogP contribution in [0, 0.1) is 0 Å². The van der Waals surface area contributed by atoms with Gasteiger partial charge in [0.15, 0.2) is 0 Å². The maximum Gasteiger partial charge on any atom is 0.374 e. The summed E-state index contributed by atoms with van der Waals surface area (Å²) in [5.41, 5.74) is 2.08. The van der Waals surface area contributed by atoms with Gasteiger partial charge >= 0.3 is 7.05 Å². The first-order chi connectivity index (χ1) is 13.1. The third-order valence-corrected chi connectivity index (χ3v) is 4.63. The fourth-order valence-electron chi connectivity index (χ4n) is 2.62. The van der Waals surface area contributed by atoms with E-state index in [9.17, 15) is 9.82 Å². The summed E-state index contributed by atoms with van der Waals surface area (Å²) in [6.45, 7) is 2.54. The molecule has 0 fully saturated rings. The van der Waals surface area contributed by atoms with Crippen LogP contribution < -0.4 is 15.3 Å². The molecule has 0 aromatic heterocycles. The molecule has 2 aromatic rings. The second-order valence-corrected chi connectivity index (χ2v) is 7.30. The lowest BCUT2D eigenvalue weighted by molar-refractivity contribution is -0.123. The molecule has 0 aliphatic heterocycles. The van der Waals surface area contributed by atoms with Crippen molar-refractivity contribution in [1.29, 1.82) is 0 Å². The lowest BCUT2D eigenvalue weighted by Gasteiger charge is -2.18. The molecule has 0 bridgehead atoms. The van der Waals surface area contributed by atoms with Gasteiger partial charge in [0.1, 0.15) is 12.4 Å². The molecule has 5 nitrogen and oxygen atoms in total. The van der Waals surface area contributed by atoms with E-state index in [4.69, 9.17) is 4.74 Å². The lowest BCUT2D eigenvalue weighted by atomic mass is 9.86. The van der Waals surface area contributed by atoms with E-state index < -0.39 is 13.1 Å². The first kappa shape index (κ1) is 21.3. The average molecular weight is 386 g/mol. The SMILES string of the molecule is CSCC[C@@H](NB(C)O)C(=O)NCc1cccc(OCc2ccccc2)c1. The van der Waals surface area contributed by atoms with E-state index in [0.29, 0.717) is 19.6 Å². The Morgan fingerprint density at radius 3 is 2.63 bits per heavy atom. The highest BCUT2D eigenvalue weighted by molar-refractivity contribution is 7.98. The zero-order valence-electron chi connectivity index (χ0n) is 15.9. The molecule has 2 aromatic carbocycles. The maximum absolute atomic E-state index is 12.4. The number of hydrogen-bond acceptors (Lipinski definition) is 5. The Balaban J connectivity index is 1.87. The van der Waals surface area contributed by atoms with Crippen LogP contribution in [0.2, 0.25) is 6.82 Å². The van der Waals surface area contributed by atoms with Crippen LogP contribution >= 0.6 is 11.8 Å². The molecule has 1 atom stereocenters. The molecule has 27 heavy (non-hydrogen) atoms. The Bertz CT molecular complexity index is 701. The smallest absolute Gasteiger partial charge is 0.374 e. The molecule has 0 radical (unpaired) electrons. The zero-order chi connectivity index (χ0) is 19.5. The van der Waals surface area contributed by atoms with E-state index in [1.165, 1.54) is 0 Å². The minimum atomic E-state index is -0.725. The van der Waals surface area contributed by atoms with Crippen molar-refractivity contribution in [1.82, 2.24) is 10.5 Å². The van der Waals surface area contributed by atoms with Crippen molar-refractivity contribution in [3.63, 3.8) is 0 Å². The predicted molar refractivity (Wildman–Crippen MR) is 113 cm³/mol. The molecule has 0 aliphatic rings. The van der Waals surface area contributed by atoms with Crippen LogP contribution in [0.15, 0.2) is 54.6 Å². The number of ether oxygens (including phenoxy) is 1. The highest BCUT2D eigenvalue weighted by Crippen LogP contribution is 2.15. The Labute approximate surface area is 166 Å². The minimum Gasteiger partial charge on any atom is -0.489 e. The number of nitrogens with one attached hydrogen (secondary N) is 2. The van der Waals surface area contributed by atoms with Gasteiger partial charge in [-0.05, 0) is 48.5 Å². The average Bonchev–Trinajstić information content (AvgIpc) is 2.68. The monoisotopic (exact) mass is 386 g/mol. The van der Waals surface area contributed by atoms with Gasteiger partial charge in [-0.3, -0.25) is 4.79 Å². The molecule has 144 valence electrons. The summed E-state index contributed by atoms with van der Waals surface area (Å²) in [7, 11) is -0.725. The first-order valence-corrected chi connectivity index (χ1v) is 10.4. The highest BCUT2D eigenvalue weighted by Gasteiger charge is 2.20. The predicted octanol–water partition coefficient (Wildman–Crippen LogP) is 2.70. The van der Waals surface area contributed by atoms with E-state index in [0.717, 1.165) is 22.6 Å². The number of benzene rings is 2. The van der Waals surface area contributed by atoms with Gasteiger partial charge in [0, 0.05) is 6.54 Å². The number of rotatable bonds is 11. The fraction of sp³-hybridized carbons (Fsp3) is 0.350. The number of amides is 1. The van der Waals surface area contributed by atoms with Crippen molar-refractivity contribution in [3.8, 4) is 5.75 Å². The largest absolute Gasteiger partial charge is 0.489 e. The summed E-state index contributed by atoms with van der Waals surface area (Å²) in [5, 5.41) is 15.4. The summed E-state index contributed by atoms with van der Waals surface area (Å²) in [6.07, 6.45) is 2.66.